The highest BCUT2D eigenvalue weighted by molar-refractivity contribution is 7.13. The third kappa shape index (κ3) is 8.57. The Balaban J connectivity index is 1.46. The molecular weight excluding hydrogens is 576 g/mol. The summed E-state index contributed by atoms with van der Waals surface area (Å²) in [4.78, 5) is 47.6. The van der Waals surface area contributed by atoms with Crippen molar-refractivity contribution in [3.05, 3.63) is 70.2 Å². The fourth-order valence-corrected chi connectivity index (χ4v) is 5.70. The van der Waals surface area contributed by atoms with Crippen molar-refractivity contribution in [3.8, 4) is 10.6 Å². The molecule has 1 aromatic heterocycles. The Hall–Kier alpha value is -3.96. The lowest BCUT2D eigenvalue weighted by atomic mass is 10.1. The lowest BCUT2D eigenvalue weighted by Gasteiger charge is -2.32. The number of anilines is 1. The third-order valence-electron chi connectivity index (χ3n) is 7.49. The molecule has 3 aromatic rings. The number of thiazole rings is 1. The number of carbonyl (C=O) groups excluding carboxylic acids is 3. The Kier molecular flexibility index (Phi) is 10.6. The van der Waals surface area contributed by atoms with Gasteiger partial charge < -0.3 is 19.9 Å². The van der Waals surface area contributed by atoms with E-state index in [1.165, 1.54) is 16.0 Å². The molecule has 0 radical (unpaired) electrons. The first-order valence-electron chi connectivity index (χ1n) is 15.0. The predicted octanol–water partition coefficient (Wildman–Crippen LogP) is 5.31. The van der Waals surface area contributed by atoms with Crippen LogP contribution in [0.15, 0.2) is 47.8 Å². The molecule has 0 unspecified atom stereocenters. The van der Waals surface area contributed by atoms with Crippen LogP contribution in [0.5, 0.6) is 0 Å². The highest BCUT2D eigenvalue weighted by Crippen LogP contribution is 2.28. The van der Waals surface area contributed by atoms with E-state index in [1.807, 2.05) is 82.3 Å². The molecule has 0 atom stereocenters. The molecule has 1 N–H and O–H groups in total. The lowest BCUT2D eigenvalue weighted by Crippen LogP contribution is -2.50. The molecule has 0 bridgehead atoms. The topological polar surface area (TPSA) is 98.3 Å². The van der Waals surface area contributed by atoms with Gasteiger partial charge in [0.1, 0.15) is 17.2 Å². The van der Waals surface area contributed by atoms with E-state index in [4.69, 9.17) is 4.74 Å². The molecule has 2 heterocycles. The fourth-order valence-electron chi connectivity index (χ4n) is 4.90. The molecule has 236 valence electrons. The highest BCUT2D eigenvalue weighted by Gasteiger charge is 2.28. The number of aryl methyl sites for hydroxylation is 2. The molecule has 1 aliphatic heterocycles. The average molecular weight is 621 g/mol. The van der Waals surface area contributed by atoms with Gasteiger partial charge in [0.25, 0.3) is 5.91 Å². The van der Waals surface area contributed by atoms with E-state index in [0.29, 0.717) is 19.6 Å². The Morgan fingerprint density at radius 1 is 1.00 bits per heavy atom. The largest absolute Gasteiger partial charge is 0.444 e. The van der Waals surface area contributed by atoms with Gasteiger partial charge in [-0.25, -0.2) is 14.8 Å². The first-order chi connectivity index (χ1) is 20.8. The van der Waals surface area contributed by atoms with Gasteiger partial charge in [-0.3, -0.25) is 14.6 Å². The summed E-state index contributed by atoms with van der Waals surface area (Å²) in [6.07, 6.45) is -0.450. The molecule has 0 saturated carbocycles. The van der Waals surface area contributed by atoms with Gasteiger partial charge in [0.15, 0.2) is 0 Å². The normalized spacial score (nSPS) is 12.9. The Bertz CT molecular complexity index is 1460. The van der Waals surface area contributed by atoms with Gasteiger partial charge in [0.05, 0.1) is 6.54 Å². The summed E-state index contributed by atoms with van der Waals surface area (Å²) in [5.41, 5.74) is 5.49. The van der Waals surface area contributed by atoms with Crippen LogP contribution >= 0.6 is 11.3 Å². The maximum absolute atomic E-state index is 13.7. The molecule has 0 aliphatic carbocycles. The van der Waals surface area contributed by atoms with Gasteiger partial charge >= 0.3 is 6.09 Å². The van der Waals surface area contributed by atoms with Crippen molar-refractivity contribution in [3.63, 3.8) is 0 Å². The first-order valence-corrected chi connectivity index (χ1v) is 15.8. The fraction of sp³-hybridized carbons (Fsp3) is 0.455. The van der Waals surface area contributed by atoms with Crippen molar-refractivity contribution < 1.29 is 19.1 Å². The number of likely N-dealkylation sites (N-methyl/N-ethyl adjacent to an activating group) is 2. The van der Waals surface area contributed by atoms with E-state index in [9.17, 15) is 14.4 Å². The van der Waals surface area contributed by atoms with Crippen LogP contribution in [0.2, 0.25) is 0 Å². The van der Waals surface area contributed by atoms with Crippen molar-refractivity contribution in [2.45, 2.75) is 60.2 Å². The van der Waals surface area contributed by atoms with Crippen LogP contribution < -0.4 is 5.32 Å². The second kappa shape index (κ2) is 14.2. The summed E-state index contributed by atoms with van der Waals surface area (Å²) >= 11 is 1.58. The number of nitrogens with one attached hydrogen (secondary N) is 1. The zero-order valence-electron chi connectivity index (χ0n) is 26.8. The van der Waals surface area contributed by atoms with Crippen LogP contribution in [0.4, 0.5) is 10.5 Å². The van der Waals surface area contributed by atoms with E-state index in [1.54, 1.807) is 28.3 Å². The quantitative estimate of drug-likeness (QED) is 0.310. The summed E-state index contributed by atoms with van der Waals surface area (Å²) in [5.74, 6) is -0.449. The standard InChI is InChI=1S/C33H44N6O4S/c1-8-37(32(42)43-33(4,5)6)15-16-38(21-30(41)36(7)39-19-26-11-9-10-12-27(26)20-39)29(40)18-34-28-17-25(14-13-23(28)2)31-35-24(3)22-44-31/h9-14,17,22,34H,8,15-16,18-21H2,1-7H3. The van der Waals surface area contributed by atoms with Crippen molar-refractivity contribution in [1.82, 2.24) is 24.8 Å². The maximum Gasteiger partial charge on any atom is 0.410 e. The van der Waals surface area contributed by atoms with Crippen molar-refractivity contribution in [2.24, 2.45) is 0 Å². The lowest BCUT2D eigenvalue weighted by molar-refractivity contribution is -0.151. The molecule has 0 spiro atoms. The number of nitrogens with zero attached hydrogens (tertiary/aromatic N) is 5. The number of hydrogen-bond acceptors (Lipinski definition) is 8. The number of ether oxygens (including phenoxy) is 1. The van der Waals surface area contributed by atoms with Gasteiger partial charge in [-0.15, -0.1) is 11.3 Å². The van der Waals surface area contributed by atoms with E-state index in [0.717, 1.165) is 27.5 Å². The van der Waals surface area contributed by atoms with Crippen LogP contribution in [-0.2, 0) is 27.4 Å². The number of aromatic nitrogens is 1. The maximum atomic E-state index is 13.7. The Morgan fingerprint density at radius 3 is 2.25 bits per heavy atom. The summed E-state index contributed by atoms with van der Waals surface area (Å²) in [5, 5.41) is 9.78. The van der Waals surface area contributed by atoms with Gasteiger partial charge in [0, 0.05) is 62.1 Å². The number of hydrogen-bond donors (Lipinski definition) is 1. The molecule has 0 saturated heterocycles. The van der Waals surface area contributed by atoms with E-state index < -0.39 is 11.7 Å². The third-order valence-corrected chi connectivity index (χ3v) is 8.50. The van der Waals surface area contributed by atoms with Crippen LogP contribution in [0.1, 0.15) is 50.1 Å². The van der Waals surface area contributed by atoms with Crippen molar-refractivity contribution in [1.29, 1.82) is 0 Å². The van der Waals surface area contributed by atoms with Crippen LogP contribution in [0.25, 0.3) is 10.6 Å². The number of benzene rings is 2. The highest BCUT2D eigenvalue weighted by atomic mass is 32.1. The summed E-state index contributed by atoms with van der Waals surface area (Å²) in [6.45, 7) is 13.2. The molecule has 0 fully saturated rings. The monoisotopic (exact) mass is 620 g/mol. The summed E-state index contributed by atoms with van der Waals surface area (Å²) in [7, 11) is 1.74. The molecular formula is C33H44N6O4S. The molecule has 11 heteroatoms. The molecule has 2 aromatic carbocycles. The van der Waals surface area contributed by atoms with Gasteiger partial charge in [-0.1, -0.05) is 36.4 Å². The molecule has 44 heavy (non-hydrogen) atoms. The second-order valence-electron chi connectivity index (χ2n) is 12.1. The average Bonchev–Trinajstić information content (AvgIpc) is 3.61. The molecule has 1 aliphatic rings. The SMILES string of the molecule is CCN(CCN(CC(=O)N(C)N1Cc2ccccc2C1)C(=O)CNc1cc(-c2nc(C)cs2)ccc1C)C(=O)OC(C)(C)C. The number of fused-ring (bicyclic) bond motifs is 1. The minimum Gasteiger partial charge on any atom is -0.444 e. The summed E-state index contributed by atoms with van der Waals surface area (Å²) in [6, 6.07) is 14.2. The van der Waals surface area contributed by atoms with Crippen LogP contribution in [0.3, 0.4) is 0 Å². The first kappa shape index (κ1) is 32.9. The van der Waals surface area contributed by atoms with E-state index >= 15 is 0 Å². The smallest absolute Gasteiger partial charge is 0.410 e. The number of rotatable bonds is 11. The Labute approximate surface area is 264 Å². The molecule has 4 rings (SSSR count). The Morgan fingerprint density at radius 2 is 1.66 bits per heavy atom. The zero-order chi connectivity index (χ0) is 32.0. The van der Waals surface area contributed by atoms with E-state index in [2.05, 4.69) is 22.4 Å². The molecule has 3 amide bonds. The number of hydrazine groups is 1. The van der Waals surface area contributed by atoms with Gasteiger partial charge in [-0.2, -0.15) is 0 Å². The van der Waals surface area contributed by atoms with Gasteiger partial charge in [-0.05, 0) is 64.3 Å². The van der Waals surface area contributed by atoms with Crippen LogP contribution in [-0.4, -0.2) is 88.1 Å². The minimum atomic E-state index is -0.639. The number of amides is 3. The van der Waals surface area contributed by atoms with E-state index in [-0.39, 0.29) is 38.0 Å². The second-order valence-corrected chi connectivity index (χ2v) is 12.9. The van der Waals surface area contributed by atoms with Crippen LogP contribution in [0, 0.1) is 13.8 Å². The predicted molar refractivity (Wildman–Crippen MR) is 174 cm³/mol. The summed E-state index contributed by atoms with van der Waals surface area (Å²) < 4.78 is 5.55. The minimum absolute atomic E-state index is 0.00803. The zero-order valence-corrected chi connectivity index (χ0v) is 27.7. The number of carbonyl (C=O) groups is 3. The molecule has 10 nitrogen and oxygen atoms in total. The van der Waals surface area contributed by atoms with Gasteiger partial charge in [0.2, 0.25) is 5.91 Å². The van der Waals surface area contributed by atoms with Crippen molar-refractivity contribution in [2.75, 3.05) is 45.1 Å². The van der Waals surface area contributed by atoms with Crippen molar-refractivity contribution >= 4 is 34.9 Å².